The van der Waals surface area contributed by atoms with Crippen LogP contribution in [0.15, 0.2) is 18.2 Å². The van der Waals surface area contributed by atoms with Crippen LogP contribution in [0.2, 0.25) is 0 Å². The first-order valence-corrected chi connectivity index (χ1v) is 10.6. The van der Waals surface area contributed by atoms with Gasteiger partial charge in [0.25, 0.3) is 5.91 Å². The third-order valence-electron chi connectivity index (χ3n) is 5.03. The molecule has 2 atom stereocenters. The Labute approximate surface area is 188 Å². The highest BCUT2D eigenvalue weighted by atomic mass is 19.1. The van der Waals surface area contributed by atoms with E-state index in [2.05, 4.69) is 5.32 Å². The topological polar surface area (TPSA) is 131 Å². The maximum atomic E-state index is 14.7. The van der Waals surface area contributed by atoms with Crippen LogP contribution < -0.4 is 21.7 Å². The second kappa shape index (κ2) is 10.1. The van der Waals surface area contributed by atoms with E-state index in [9.17, 15) is 18.8 Å². The average Bonchev–Trinajstić information content (AvgIpc) is 2.86. The van der Waals surface area contributed by atoms with E-state index in [0.29, 0.717) is 12.2 Å². The van der Waals surface area contributed by atoms with Crippen molar-refractivity contribution in [2.24, 2.45) is 11.7 Å². The summed E-state index contributed by atoms with van der Waals surface area (Å²) in [7, 11) is 0. The van der Waals surface area contributed by atoms with Crippen LogP contribution in [0, 0.1) is 5.92 Å². The summed E-state index contributed by atoms with van der Waals surface area (Å²) >= 11 is 0. The summed E-state index contributed by atoms with van der Waals surface area (Å²) in [6, 6.07) is 3.96. The third-order valence-corrected chi connectivity index (χ3v) is 5.03. The van der Waals surface area contributed by atoms with Crippen molar-refractivity contribution in [2.45, 2.75) is 52.4 Å². The summed E-state index contributed by atoms with van der Waals surface area (Å²) in [6.07, 6.45) is -1.87. The van der Waals surface area contributed by atoms with Crippen molar-refractivity contribution in [1.29, 1.82) is 0 Å². The van der Waals surface area contributed by atoms with E-state index in [4.69, 9.17) is 16.2 Å². The van der Waals surface area contributed by atoms with Gasteiger partial charge in [0.05, 0.1) is 18.7 Å². The van der Waals surface area contributed by atoms with Crippen molar-refractivity contribution in [3.05, 3.63) is 23.8 Å². The second-order valence-corrected chi connectivity index (χ2v) is 9.34. The number of primary amides is 1. The van der Waals surface area contributed by atoms with Gasteiger partial charge in [-0.3, -0.25) is 9.59 Å². The minimum Gasteiger partial charge on any atom is -0.444 e. The average molecular weight is 452 g/mol. The maximum Gasteiger partial charge on any atom is 0.410 e. The Morgan fingerprint density at radius 2 is 1.84 bits per heavy atom. The molecule has 1 aliphatic heterocycles. The van der Waals surface area contributed by atoms with E-state index >= 15 is 0 Å². The number of nitrogens with two attached hydrogens (primary N) is 2. The van der Waals surface area contributed by atoms with E-state index in [-0.39, 0.29) is 36.8 Å². The first-order chi connectivity index (χ1) is 14.8. The van der Waals surface area contributed by atoms with Crippen molar-refractivity contribution >= 4 is 29.3 Å². The fourth-order valence-electron chi connectivity index (χ4n) is 3.41. The SMILES string of the molecule is CC(C)C(NC(=O)c1cc(N2CCN(C(=O)OC(C)(C)C)CC(F)C2)ccc1N)C(N)=O. The van der Waals surface area contributed by atoms with E-state index < -0.39 is 35.7 Å². The summed E-state index contributed by atoms with van der Waals surface area (Å²) in [4.78, 5) is 39.9. The van der Waals surface area contributed by atoms with Gasteiger partial charge in [-0.1, -0.05) is 13.8 Å². The predicted octanol–water partition coefficient (Wildman–Crippen LogP) is 1.90. The predicted molar refractivity (Wildman–Crippen MR) is 121 cm³/mol. The molecule has 32 heavy (non-hydrogen) atoms. The Balaban J connectivity index is 2.19. The van der Waals surface area contributed by atoms with Gasteiger partial charge < -0.3 is 31.3 Å². The number of nitrogen functional groups attached to an aromatic ring is 1. The van der Waals surface area contributed by atoms with Gasteiger partial charge in [-0.25, -0.2) is 9.18 Å². The molecule has 1 aromatic rings. The number of hydrogen-bond acceptors (Lipinski definition) is 6. The van der Waals surface area contributed by atoms with Gasteiger partial charge in [0.1, 0.15) is 17.8 Å². The molecule has 0 radical (unpaired) electrons. The molecule has 0 aliphatic carbocycles. The smallest absolute Gasteiger partial charge is 0.410 e. The highest BCUT2D eigenvalue weighted by Gasteiger charge is 2.30. The molecule has 1 heterocycles. The summed E-state index contributed by atoms with van der Waals surface area (Å²) in [6.45, 7) is 9.37. The largest absolute Gasteiger partial charge is 0.444 e. The quantitative estimate of drug-likeness (QED) is 0.586. The lowest BCUT2D eigenvalue weighted by molar-refractivity contribution is -0.120. The molecular weight excluding hydrogens is 417 g/mol. The zero-order valence-electron chi connectivity index (χ0n) is 19.4. The number of amides is 3. The van der Waals surface area contributed by atoms with Crippen LogP contribution in [-0.2, 0) is 9.53 Å². The molecule has 0 aromatic heterocycles. The fourth-order valence-corrected chi connectivity index (χ4v) is 3.41. The Hall–Kier alpha value is -3.04. The monoisotopic (exact) mass is 451 g/mol. The van der Waals surface area contributed by atoms with Gasteiger partial charge in [-0.05, 0) is 44.9 Å². The summed E-state index contributed by atoms with van der Waals surface area (Å²) in [5.41, 5.74) is 11.7. The zero-order chi connectivity index (χ0) is 24.2. The number of anilines is 2. The maximum absolute atomic E-state index is 14.7. The van der Waals surface area contributed by atoms with Gasteiger partial charge in [0.2, 0.25) is 5.91 Å². The summed E-state index contributed by atoms with van der Waals surface area (Å²) in [5.74, 6) is -1.38. The Bertz CT molecular complexity index is 855. The van der Waals surface area contributed by atoms with Crippen LogP contribution in [0.4, 0.5) is 20.6 Å². The van der Waals surface area contributed by atoms with Crippen LogP contribution >= 0.6 is 0 Å². The number of nitrogens with one attached hydrogen (secondary N) is 1. The minimum absolute atomic E-state index is 0.0418. The molecule has 1 saturated heterocycles. The number of benzene rings is 1. The number of nitrogens with zero attached hydrogens (tertiary/aromatic N) is 2. The Morgan fingerprint density at radius 3 is 2.41 bits per heavy atom. The number of hydrogen-bond donors (Lipinski definition) is 3. The first-order valence-electron chi connectivity index (χ1n) is 10.6. The van der Waals surface area contributed by atoms with Crippen molar-refractivity contribution in [2.75, 3.05) is 36.8 Å². The van der Waals surface area contributed by atoms with E-state index in [1.807, 2.05) is 0 Å². The lowest BCUT2D eigenvalue weighted by Crippen LogP contribution is -2.47. The molecule has 1 aliphatic rings. The molecule has 0 bridgehead atoms. The molecule has 3 amide bonds. The van der Waals surface area contributed by atoms with E-state index in [1.165, 1.54) is 4.90 Å². The first kappa shape index (κ1) is 25.2. The molecule has 2 rings (SSSR count). The summed E-state index contributed by atoms with van der Waals surface area (Å²) < 4.78 is 20.0. The van der Waals surface area contributed by atoms with Crippen LogP contribution in [0.1, 0.15) is 45.0 Å². The molecule has 5 N–H and O–H groups in total. The number of rotatable bonds is 5. The molecule has 0 saturated carbocycles. The molecule has 1 fully saturated rings. The summed E-state index contributed by atoms with van der Waals surface area (Å²) in [5, 5.41) is 2.61. The molecular formula is C22H34FN5O4. The van der Waals surface area contributed by atoms with Crippen molar-refractivity contribution in [3.63, 3.8) is 0 Å². The Kier molecular flexibility index (Phi) is 7.92. The van der Waals surface area contributed by atoms with Crippen LogP contribution in [0.5, 0.6) is 0 Å². The Morgan fingerprint density at radius 1 is 1.19 bits per heavy atom. The molecule has 1 aromatic carbocycles. The minimum atomic E-state index is -1.31. The third kappa shape index (κ3) is 6.73. The van der Waals surface area contributed by atoms with E-state index in [0.717, 1.165) is 0 Å². The van der Waals surface area contributed by atoms with Gasteiger partial charge >= 0.3 is 6.09 Å². The lowest BCUT2D eigenvalue weighted by Gasteiger charge is -2.27. The number of halogens is 1. The standard InChI is InChI=1S/C22H34FN5O4/c1-13(2)18(19(25)29)26-20(30)16-10-15(6-7-17(16)24)27-8-9-28(12-14(23)11-27)21(31)32-22(3,4)5/h6-7,10,13-14,18H,8-9,11-12,24H2,1-5H3,(H2,25,29)(H,26,30). The van der Waals surface area contributed by atoms with Gasteiger partial charge in [0, 0.05) is 24.5 Å². The van der Waals surface area contributed by atoms with Gasteiger partial charge in [0.15, 0.2) is 0 Å². The number of ether oxygens (including phenoxy) is 1. The van der Waals surface area contributed by atoms with Gasteiger partial charge in [-0.15, -0.1) is 0 Å². The molecule has 9 nitrogen and oxygen atoms in total. The van der Waals surface area contributed by atoms with Crippen LogP contribution in [0.25, 0.3) is 0 Å². The molecule has 10 heteroatoms. The zero-order valence-corrected chi connectivity index (χ0v) is 19.4. The second-order valence-electron chi connectivity index (χ2n) is 9.34. The number of carbonyl (C=O) groups excluding carboxylic acids is 3. The van der Waals surface area contributed by atoms with E-state index in [1.54, 1.807) is 57.7 Å². The van der Waals surface area contributed by atoms with Crippen LogP contribution in [0.3, 0.4) is 0 Å². The molecule has 2 unspecified atom stereocenters. The molecule has 0 spiro atoms. The van der Waals surface area contributed by atoms with Crippen molar-refractivity contribution in [3.8, 4) is 0 Å². The van der Waals surface area contributed by atoms with Crippen LogP contribution in [-0.4, -0.2) is 66.8 Å². The van der Waals surface area contributed by atoms with Gasteiger partial charge in [-0.2, -0.15) is 0 Å². The molecule has 178 valence electrons. The van der Waals surface area contributed by atoms with Crippen molar-refractivity contribution in [1.82, 2.24) is 10.2 Å². The van der Waals surface area contributed by atoms with Crippen molar-refractivity contribution < 1.29 is 23.5 Å². The normalized spacial score (nSPS) is 18.2. The lowest BCUT2D eigenvalue weighted by atomic mass is 10.0. The highest BCUT2D eigenvalue weighted by molar-refractivity contribution is 6.02. The number of carbonyl (C=O) groups is 3. The fraction of sp³-hybridized carbons (Fsp3) is 0.591. The number of alkyl halides is 1. The highest BCUT2D eigenvalue weighted by Crippen LogP contribution is 2.24.